The van der Waals surface area contributed by atoms with E-state index in [-0.39, 0.29) is 29.4 Å². The second kappa shape index (κ2) is 9.54. The lowest BCUT2D eigenvalue weighted by Crippen LogP contribution is -2.26. The number of halogens is 1. The molecule has 0 radical (unpaired) electrons. The van der Waals surface area contributed by atoms with Crippen molar-refractivity contribution in [2.75, 3.05) is 12.4 Å². The predicted octanol–water partition coefficient (Wildman–Crippen LogP) is 4.88. The number of pyridine rings is 1. The Hall–Kier alpha value is -4.73. The second-order valence-electron chi connectivity index (χ2n) is 9.89. The molecule has 1 aliphatic carbocycles. The number of aryl methyl sites for hydroxylation is 1. The van der Waals surface area contributed by atoms with Crippen molar-refractivity contribution in [2.45, 2.75) is 25.8 Å². The minimum absolute atomic E-state index is 0.0436. The molecule has 0 aliphatic heterocycles. The zero-order valence-electron chi connectivity index (χ0n) is 21.7. The van der Waals surface area contributed by atoms with E-state index in [1.165, 1.54) is 13.2 Å². The number of aromatic nitrogens is 4. The van der Waals surface area contributed by atoms with E-state index in [4.69, 9.17) is 4.74 Å². The molecular formula is C29H27FN6O3. The van der Waals surface area contributed by atoms with Gasteiger partial charge in [0.15, 0.2) is 17.2 Å². The number of benzene rings is 2. The van der Waals surface area contributed by atoms with Gasteiger partial charge in [-0.1, -0.05) is 12.1 Å². The van der Waals surface area contributed by atoms with Gasteiger partial charge < -0.3 is 14.6 Å². The van der Waals surface area contributed by atoms with E-state index in [1.54, 1.807) is 29.0 Å². The first-order chi connectivity index (χ1) is 18.8. The number of fused-ring (bicyclic) bond motifs is 2. The Morgan fingerprint density at radius 3 is 2.64 bits per heavy atom. The van der Waals surface area contributed by atoms with Crippen LogP contribution in [-0.2, 0) is 11.8 Å². The molecule has 0 saturated heterocycles. The number of anilines is 1. The van der Waals surface area contributed by atoms with E-state index < -0.39 is 11.9 Å². The fourth-order valence-corrected chi connectivity index (χ4v) is 4.73. The maximum atomic E-state index is 14.2. The summed E-state index contributed by atoms with van der Waals surface area (Å²) in [6.07, 6.45) is 5.40. The number of hydrogen-bond donors (Lipinski definition) is 2. The molecule has 1 fully saturated rings. The highest BCUT2D eigenvalue weighted by molar-refractivity contribution is 6.08. The molecular weight excluding hydrogens is 499 g/mol. The number of hydrogen-bond acceptors (Lipinski definition) is 5. The van der Waals surface area contributed by atoms with Crippen LogP contribution in [0.1, 0.15) is 41.7 Å². The van der Waals surface area contributed by atoms with Crippen molar-refractivity contribution in [3.8, 4) is 16.9 Å². The van der Waals surface area contributed by atoms with E-state index in [0.29, 0.717) is 16.8 Å². The summed E-state index contributed by atoms with van der Waals surface area (Å²) in [4.78, 5) is 29.9. The van der Waals surface area contributed by atoms with Crippen molar-refractivity contribution in [3.63, 3.8) is 0 Å². The summed E-state index contributed by atoms with van der Waals surface area (Å²) in [7, 11) is 3.30. The Kier molecular flexibility index (Phi) is 6.02. The normalized spacial score (nSPS) is 13.9. The van der Waals surface area contributed by atoms with Gasteiger partial charge in [-0.2, -0.15) is 4.98 Å². The van der Waals surface area contributed by atoms with Crippen LogP contribution >= 0.6 is 0 Å². The smallest absolute Gasteiger partial charge is 0.253 e. The van der Waals surface area contributed by atoms with Crippen molar-refractivity contribution in [2.24, 2.45) is 13.0 Å². The lowest BCUT2D eigenvalue weighted by molar-refractivity contribution is -0.117. The first-order valence-electron chi connectivity index (χ1n) is 12.7. The molecule has 1 atom stereocenters. The van der Waals surface area contributed by atoms with E-state index in [1.807, 2.05) is 48.9 Å². The van der Waals surface area contributed by atoms with Gasteiger partial charge in [-0.15, -0.1) is 5.10 Å². The molecule has 2 N–H and O–H groups in total. The number of rotatable bonds is 7. The molecule has 1 saturated carbocycles. The van der Waals surface area contributed by atoms with Gasteiger partial charge in [0.2, 0.25) is 11.9 Å². The monoisotopic (exact) mass is 526 g/mol. The fourth-order valence-electron chi connectivity index (χ4n) is 4.73. The summed E-state index contributed by atoms with van der Waals surface area (Å²) >= 11 is 0. The number of carbonyl (C=O) groups is 2. The molecule has 6 rings (SSSR count). The Bertz CT molecular complexity index is 1750. The van der Waals surface area contributed by atoms with Gasteiger partial charge in [0.1, 0.15) is 0 Å². The predicted molar refractivity (Wildman–Crippen MR) is 145 cm³/mol. The maximum Gasteiger partial charge on any atom is 0.253 e. The quantitative estimate of drug-likeness (QED) is 0.315. The third-order valence-corrected chi connectivity index (χ3v) is 7.11. The summed E-state index contributed by atoms with van der Waals surface area (Å²) in [5, 5.41) is 10.9. The molecule has 39 heavy (non-hydrogen) atoms. The van der Waals surface area contributed by atoms with Crippen LogP contribution in [-0.4, -0.2) is 38.1 Å². The van der Waals surface area contributed by atoms with E-state index in [0.717, 1.165) is 34.9 Å². The number of methoxy groups -OCH3 is 1. The number of nitrogens with one attached hydrogen (secondary N) is 2. The van der Waals surface area contributed by atoms with E-state index >= 15 is 0 Å². The molecule has 5 aromatic rings. The molecule has 2 aromatic carbocycles. The van der Waals surface area contributed by atoms with Crippen LogP contribution in [0.3, 0.4) is 0 Å². The molecule has 3 heterocycles. The van der Waals surface area contributed by atoms with Gasteiger partial charge in [-0.25, -0.2) is 8.91 Å². The molecule has 3 aromatic heterocycles. The fraction of sp³-hybridized carbons (Fsp3) is 0.241. The Morgan fingerprint density at radius 1 is 1.10 bits per heavy atom. The lowest BCUT2D eigenvalue weighted by atomic mass is 10.0. The van der Waals surface area contributed by atoms with Crippen LogP contribution in [0.5, 0.6) is 5.75 Å². The van der Waals surface area contributed by atoms with Crippen LogP contribution < -0.4 is 15.4 Å². The van der Waals surface area contributed by atoms with Gasteiger partial charge >= 0.3 is 0 Å². The van der Waals surface area contributed by atoms with Crippen molar-refractivity contribution in [1.82, 2.24) is 24.5 Å². The summed E-state index contributed by atoms with van der Waals surface area (Å²) in [5.41, 5.74) is 4.46. The highest BCUT2D eigenvalue weighted by atomic mass is 19.1. The molecule has 9 nitrogen and oxygen atoms in total. The Morgan fingerprint density at radius 2 is 1.90 bits per heavy atom. The topological polar surface area (TPSA) is 103 Å². The SMILES string of the molecule is COc1ccc([C@H](C)NC(=O)c2cn(C)c3ccc(-c4ccn5nc(NC(=O)C6CC6)nc5c4)cc23)cc1F. The summed E-state index contributed by atoms with van der Waals surface area (Å²) < 4.78 is 22.7. The summed E-state index contributed by atoms with van der Waals surface area (Å²) in [5.74, 6) is -0.275. The third kappa shape index (κ3) is 4.69. The van der Waals surface area contributed by atoms with Gasteiger partial charge in [-0.3, -0.25) is 14.9 Å². The highest BCUT2D eigenvalue weighted by Gasteiger charge is 2.30. The van der Waals surface area contributed by atoms with Crippen LogP contribution in [0.25, 0.3) is 27.7 Å². The van der Waals surface area contributed by atoms with E-state index in [2.05, 4.69) is 20.7 Å². The standard InChI is InChI=1S/C29H27FN6O3/c1-16(18-7-9-25(39-3)23(30)13-18)31-28(38)22-15-35(2)24-8-6-19(12-21(22)24)20-10-11-36-26(14-20)32-29(34-36)33-27(37)17-4-5-17/h6-17H,4-5H2,1-3H3,(H,31,38)(H,33,34,37)/t16-/m0/s1. The van der Waals surface area contributed by atoms with Crippen LogP contribution in [0.4, 0.5) is 10.3 Å². The third-order valence-electron chi connectivity index (χ3n) is 7.11. The Balaban J connectivity index is 1.27. The summed E-state index contributed by atoms with van der Waals surface area (Å²) in [6, 6.07) is 14.0. The average molecular weight is 527 g/mol. The first kappa shape index (κ1) is 24.6. The largest absolute Gasteiger partial charge is 0.494 e. The molecule has 198 valence electrons. The minimum atomic E-state index is -0.479. The molecule has 1 aliphatic rings. The molecule has 0 bridgehead atoms. The molecule has 0 unspecified atom stereocenters. The van der Waals surface area contributed by atoms with Crippen molar-refractivity contribution in [3.05, 3.63) is 77.9 Å². The minimum Gasteiger partial charge on any atom is -0.494 e. The second-order valence-corrected chi connectivity index (χ2v) is 9.89. The zero-order chi connectivity index (χ0) is 27.3. The maximum absolute atomic E-state index is 14.2. The highest BCUT2D eigenvalue weighted by Crippen LogP contribution is 2.31. The van der Waals surface area contributed by atoms with Crippen molar-refractivity contribution >= 4 is 34.3 Å². The number of nitrogens with zero attached hydrogens (tertiary/aromatic N) is 4. The van der Waals surface area contributed by atoms with Gasteiger partial charge in [0, 0.05) is 36.3 Å². The van der Waals surface area contributed by atoms with Gasteiger partial charge in [-0.05, 0) is 72.9 Å². The van der Waals surface area contributed by atoms with Crippen molar-refractivity contribution < 1.29 is 18.7 Å². The molecule has 0 spiro atoms. The van der Waals surface area contributed by atoms with Crippen molar-refractivity contribution in [1.29, 1.82) is 0 Å². The van der Waals surface area contributed by atoms with Crippen LogP contribution in [0, 0.1) is 11.7 Å². The summed E-state index contributed by atoms with van der Waals surface area (Å²) in [6.45, 7) is 1.81. The van der Waals surface area contributed by atoms with Gasteiger partial charge in [0.25, 0.3) is 5.91 Å². The van der Waals surface area contributed by atoms with Gasteiger partial charge in [0.05, 0.1) is 18.7 Å². The van der Waals surface area contributed by atoms with Crippen LogP contribution in [0.2, 0.25) is 0 Å². The first-order valence-corrected chi connectivity index (χ1v) is 12.7. The number of amides is 2. The van der Waals surface area contributed by atoms with Crippen LogP contribution in [0.15, 0.2) is 60.9 Å². The molecule has 10 heteroatoms. The van der Waals surface area contributed by atoms with E-state index in [9.17, 15) is 14.0 Å². The number of carbonyl (C=O) groups excluding carboxylic acids is 2. The lowest BCUT2D eigenvalue weighted by Gasteiger charge is -2.15. The zero-order valence-corrected chi connectivity index (χ0v) is 21.7. The molecule has 2 amide bonds. The number of ether oxygens (including phenoxy) is 1. The average Bonchev–Trinajstić information content (AvgIpc) is 3.63. The Labute approximate surface area is 223 Å².